The second-order valence-electron chi connectivity index (χ2n) is 3.94. The molecule has 0 bridgehead atoms. The van der Waals surface area contributed by atoms with Crippen molar-refractivity contribution in [2.45, 2.75) is 13.2 Å². The molecule has 0 aliphatic carbocycles. The number of hydrogen-bond donors (Lipinski definition) is 1. The number of nitrogens with zero attached hydrogens (tertiary/aromatic N) is 5. The van der Waals surface area contributed by atoms with Crippen LogP contribution in [0.2, 0.25) is 0 Å². The van der Waals surface area contributed by atoms with Crippen molar-refractivity contribution < 1.29 is 9.63 Å². The summed E-state index contributed by atoms with van der Waals surface area (Å²) in [7, 11) is 0. The predicted octanol–water partition coefficient (Wildman–Crippen LogP) is 0.869. The zero-order chi connectivity index (χ0) is 13.1. The highest BCUT2D eigenvalue weighted by molar-refractivity contribution is 5.53. The Kier molecular flexibility index (Phi) is 3.03. The van der Waals surface area contributed by atoms with Crippen molar-refractivity contribution in [2.24, 2.45) is 0 Å². The standard InChI is InChI=1S/C12H11N5O2/c18-8-10-6-17(16-14-10)7-11-13-12(15-19-11)9-4-2-1-3-5-9/h1-6,18H,7-8H2. The van der Waals surface area contributed by atoms with Gasteiger partial charge in [0, 0.05) is 5.56 Å². The molecule has 19 heavy (non-hydrogen) atoms. The monoisotopic (exact) mass is 257 g/mol. The normalized spacial score (nSPS) is 10.8. The van der Waals surface area contributed by atoms with Crippen LogP contribution in [0.25, 0.3) is 11.4 Å². The largest absolute Gasteiger partial charge is 0.390 e. The van der Waals surface area contributed by atoms with Crippen molar-refractivity contribution in [3.05, 3.63) is 48.1 Å². The fourth-order valence-electron chi connectivity index (χ4n) is 1.65. The van der Waals surface area contributed by atoms with E-state index in [1.54, 1.807) is 6.20 Å². The molecular weight excluding hydrogens is 246 g/mol. The summed E-state index contributed by atoms with van der Waals surface area (Å²) < 4.78 is 6.69. The Hall–Kier alpha value is -2.54. The predicted molar refractivity (Wildman–Crippen MR) is 64.8 cm³/mol. The van der Waals surface area contributed by atoms with E-state index in [9.17, 15) is 0 Å². The first-order valence-electron chi connectivity index (χ1n) is 5.73. The lowest BCUT2D eigenvalue weighted by Crippen LogP contribution is -2.00. The Bertz CT molecular complexity index is 662. The second kappa shape index (κ2) is 4.99. The average molecular weight is 257 g/mol. The molecule has 0 aliphatic rings. The maximum absolute atomic E-state index is 8.90. The first kappa shape index (κ1) is 11.5. The van der Waals surface area contributed by atoms with Gasteiger partial charge in [-0.1, -0.05) is 40.7 Å². The van der Waals surface area contributed by atoms with Gasteiger partial charge in [0.1, 0.15) is 12.2 Å². The summed E-state index contributed by atoms with van der Waals surface area (Å²) in [5.41, 5.74) is 1.40. The van der Waals surface area contributed by atoms with Gasteiger partial charge in [-0.2, -0.15) is 4.98 Å². The summed E-state index contributed by atoms with van der Waals surface area (Å²) >= 11 is 0. The van der Waals surface area contributed by atoms with Crippen LogP contribution in [0.4, 0.5) is 0 Å². The lowest BCUT2D eigenvalue weighted by molar-refractivity contribution is 0.276. The SMILES string of the molecule is OCc1cn(Cc2nc(-c3ccccc3)no2)nn1. The topological polar surface area (TPSA) is 89.9 Å². The van der Waals surface area contributed by atoms with Gasteiger partial charge < -0.3 is 9.63 Å². The molecule has 0 saturated carbocycles. The van der Waals surface area contributed by atoms with Crippen molar-refractivity contribution in [1.82, 2.24) is 25.1 Å². The Morgan fingerprint density at radius 1 is 1.21 bits per heavy atom. The van der Waals surface area contributed by atoms with Crippen LogP contribution in [0.15, 0.2) is 41.1 Å². The Morgan fingerprint density at radius 2 is 2.05 bits per heavy atom. The third kappa shape index (κ3) is 2.50. The van der Waals surface area contributed by atoms with E-state index in [-0.39, 0.29) is 6.61 Å². The molecule has 0 aliphatic heterocycles. The maximum Gasteiger partial charge on any atom is 0.248 e. The van der Waals surface area contributed by atoms with Crippen molar-refractivity contribution >= 4 is 0 Å². The molecule has 96 valence electrons. The summed E-state index contributed by atoms with van der Waals surface area (Å²) in [5, 5.41) is 20.4. The minimum absolute atomic E-state index is 0.140. The van der Waals surface area contributed by atoms with Gasteiger partial charge in [-0.05, 0) is 0 Å². The van der Waals surface area contributed by atoms with Crippen LogP contribution in [0.5, 0.6) is 0 Å². The van der Waals surface area contributed by atoms with Gasteiger partial charge in [0.25, 0.3) is 0 Å². The Balaban J connectivity index is 1.78. The van der Waals surface area contributed by atoms with Crippen LogP contribution in [0.3, 0.4) is 0 Å². The van der Waals surface area contributed by atoms with Crippen LogP contribution in [-0.4, -0.2) is 30.2 Å². The van der Waals surface area contributed by atoms with Crippen molar-refractivity contribution in [2.75, 3.05) is 0 Å². The smallest absolute Gasteiger partial charge is 0.248 e. The van der Waals surface area contributed by atoms with E-state index in [4.69, 9.17) is 9.63 Å². The van der Waals surface area contributed by atoms with Crippen LogP contribution < -0.4 is 0 Å². The highest BCUT2D eigenvalue weighted by Crippen LogP contribution is 2.14. The van der Waals surface area contributed by atoms with E-state index < -0.39 is 0 Å². The summed E-state index contributed by atoms with van der Waals surface area (Å²) in [4.78, 5) is 4.28. The van der Waals surface area contributed by atoms with Crippen LogP contribution in [0.1, 0.15) is 11.6 Å². The number of rotatable bonds is 4. The molecule has 7 nitrogen and oxygen atoms in total. The molecule has 0 saturated heterocycles. The summed E-state index contributed by atoms with van der Waals surface area (Å²) in [5.74, 6) is 0.978. The minimum Gasteiger partial charge on any atom is -0.390 e. The van der Waals surface area contributed by atoms with Gasteiger partial charge in [-0.3, -0.25) is 0 Å². The number of aromatic nitrogens is 5. The first-order valence-corrected chi connectivity index (χ1v) is 5.73. The van der Waals surface area contributed by atoms with Crippen LogP contribution in [0, 0.1) is 0 Å². The van der Waals surface area contributed by atoms with E-state index in [0.717, 1.165) is 5.56 Å². The molecule has 7 heteroatoms. The molecule has 1 N–H and O–H groups in total. The van der Waals surface area contributed by atoms with Crippen LogP contribution in [-0.2, 0) is 13.2 Å². The second-order valence-corrected chi connectivity index (χ2v) is 3.94. The molecular formula is C12H11N5O2. The Labute approximate surface area is 108 Å². The molecule has 0 radical (unpaired) electrons. The Morgan fingerprint density at radius 3 is 2.79 bits per heavy atom. The van der Waals surface area contributed by atoms with Crippen LogP contribution >= 0.6 is 0 Å². The zero-order valence-corrected chi connectivity index (χ0v) is 9.97. The lowest BCUT2D eigenvalue weighted by atomic mass is 10.2. The molecule has 1 aromatic carbocycles. The zero-order valence-electron chi connectivity index (χ0n) is 9.97. The molecule has 0 fully saturated rings. The lowest BCUT2D eigenvalue weighted by Gasteiger charge is -1.92. The highest BCUT2D eigenvalue weighted by atomic mass is 16.5. The summed E-state index contributed by atoms with van der Waals surface area (Å²) in [6.07, 6.45) is 1.63. The van der Waals surface area contributed by atoms with Crippen molar-refractivity contribution in [1.29, 1.82) is 0 Å². The van der Waals surface area contributed by atoms with Gasteiger partial charge in [-0.15, -0.1) is 5.10 Å². The first-order chi connectivity index (χ1) is 9.35. The highest BCUT2D eigenvalue weighted by Gasteiger charge is 2.09. The molecule has 0 atom stereocenters. The molecule has 0 spiro atoms. The van der Waals surface area contributed by atoms with E-state index in [0.29, 0.717) is 24.0 Å². The fraction of sp³-hybridized carbons (Fsp3) is 0.167. The molecule has 0 unspecified atom stereocenters. The summed E-state index contributed by atoms with van der Waals surface area (Å²) in [6, 6.07) is 9.57. The van der Waals surface area contributed by atoms with E-state index in [1.165, 1.54) is 4.68 Å². The molecule has 3 aromatic rings. The molecule has 3 rings (SSSR count). The number of benzene rings is 1. The average Bonchev–Trinajstić information content (AvgIpc) is 3.09. The fourth-order valence-corrected chi connectivity index (χ4v) is 1.65. The van der Waals surface area contributed by atoms with Gasteiger partial charge in [0.15, 0.2) is 0 Å². The summed E-state index contributed by atoms with van der Waals surface area (Å²) in [6.45, 7) is 0.186. The molecule has 0 amide bonds. The molecule has 2 heterocycles. The van der Waals surface area contributed by atoms with Crippen molar-refractivity contribution in [3.8, 4) is 11.4 Å². The quantitative estimate of drug-likeness (QED) is 0.745. The number of hydrogen-bond acceptors (Lipinski definition) is 6. The maximum atomic E-state index is 8.90. The van der Waals surface area contributed by atoms with Gasteiger partial charge in [0.05, 0.1) is 12.8 Å². The molecule has 2 aromatic heterocycles. The van der Waals surface area contributed by atoms with E-state index >= 15 is 0 Å². The van der Waals surface area contributed by atoms with Crippen molar-refractivity contribution in [3.63, 3.8) is 0 Å². The van der Waals surface area contributed by atoms with E-state index in [2.05, 4.69) is 20.5 Å². The van der Waals surface area contributed by atoms with Gasteiger partial charge in [-0.25, -0.2) is 4.68 Å². The minimum atomic E-state index is -0.140. The number of aliphatic hydroxyl groups is 1. The van der Waals surface area contributed by atoms with Gasteiger partial charge in [0.2, 0.25) is 11.7 Å². The third-order valence-electron chi connectivity index (χ3n) is 2.55. The van der Waals surface area contributed by atoms with E-state index in [1.807, 2.05) is 30.3 Å². The number of aliphatic hydroxyl groups excluding tert-OH is 1. The van der Waals surface area contributed by atoms with Gasteiger partial charge >= 0.3 is 0 Å². The third-order valence-corrected chi connectivity index (χ3v) is 2.55.